The highest BCUT2D eigenvalue weighted by Gasteiger charge is 2.44. The molecule has 0 aliphatic carbocycles. The Bertz CT molecular complexity index is 1450. The molecular weight excluding hydrogens is 791 g/mol. The first-order chi connectivity index (χ1) is 30.2. The topological polar surface area (TPSA) is 195 Å². The van der Waals surface area contributed by atoms with Crippen LogP contribution in [-0.4, -0.2) is 111 Å². The standard InChI is InChI=1S/C50H81NO11/c1-2-3-4-5-6-7-8-9-11-14-17-23-31-42(53)46(56)41(37-61-50-49(59)48(58)47(57)43(35-52)62-50)51-44(54)32-24-18-15-12-10-13-16-19-25-33-60-36-38-27-26-30-40(34-38)45(55)39-28-21-20-22-29-39/h20-22,26-30,34,41-43,46-50,52-53,56-59H,2-19,23-25,31-33,35-37H2,1H3,(H,51,54)/t41-,42+,43+,46-,47-,48-,49+,50-/m0/s1. The van der Waals surface area contributed by atoms with Gasteiger partial charge in [0.05, 0.1) is 32.0 Å². The Morgan fingerprint density at radius 3 is 1.85 bits per heavy atom. The van der Waals surface area contributed by atoms with Gasteiger partial charge in [0.15, 0.2) is 12.1 Å². The summed E-state index contributed by atoms with van der Waals surface area (Å²) in [5.74, 6) is -0.283. The van der Waals surface area contributed by atoms with Crippen LogP contribution in [0.5, 0.6) is 0 Å². The van der Waals surface area contributed by atoms with Gasteiger partial charge in [-0.1, -0.05) is 177 Å². The molecular formula is C50H81NO11. The van der Waals surface area contributed by atoms with Crippen LogP contribution in [0, 0.1) is 0 Å². The number of hydrogen-bond donors (Lipinski definition) is 7. The maximum atomic E-state index is 13.1. The van der Waals surface area contributed by atoms with E-state index in [0.29, 0.717) is 37.2 Å². The zero-order valence-corrected chi connectivity index (χ0v) is 37.6. The Morgan fingerprint density at radius 1 is 0.677 bits per heavy atom. The van der Waals surface area contributed by atoms with Crippen LogP contribution < -0.4 is 5.32 Å². The summed E-state index contributed by atoms with van der Waals surface area (Å²) < 4.78 is 17.0. The minimum Gasteiger partial charge on any atom is -0.394 e. The van der Waals surface area contributed by atoms with E-state index in [4.69, 9.17) is 14.2 Å². The molecule has 12 heteroatoms. The lowest BCUT2D eigenvalue weighted by Crippen LogP contribution is -2.60. The molecule has 0 saturated carbocycles. The summed E-state index contributed by atoms with van der Waals surface area (Å²) >= 11 is 0. The van der Waals surface area contributed by atoms with E-state index in [9.17, 15) is 40.2 Å². The largest absolute Gasteiger partial charge is 0.394 e. The van der Waals surface area contributed by atoms with Gasteiger partial charge >= 0.3 is 0 Å². The van der Waals surface area contributed by atoms with E-state index in [2.05, 4.69) is 12.2 Å². The number of ether oxygens (including phenoxy) is 3. The molecule has 3 rings (SSSR count). The van der Waals surface area contributed by atoms with Crippen LogP contribution in [0.2, 0.25) is 0 Å². The van der Waals surface area contributed by atoms with E-state index in [1.54, 1.807) is 0 Å². The zero-order valence-electron chi connectivity index (χ0n) is 37.6. The van der Waals surface area contributed by atoms with Crippen molar-refractivity contribution in [1.82, 2.24) is 5.32 Å². The minimum atomic E-state index is -1.62. The number of carbonyl (C=O) groups excluding carboxylic acids is 2. The normalized spacial score (nSPS) is 20.5. The summed E-state index contributed by atoms with van der Waals surface area (Å²) in [6.45, 7) is 2.44. The number of aliphatic hydroxyl groups excluding tert-OH is 6. The summed E-state index contributed by atoms with van der Waals surface area (Å²) in [4.78, 5) is 25.8. The first kappa shape index (κ1) is 53.6. The van der Waals surface area contributed by atoms with Crippen LogP contribution in [0.1, 0.15) is 176 Å². The third kappa shape index (κ3) is 21.3. The molecule has 0 radical (unpaired) electrons. The fourth-order valence-corrected chi connectivity index (χ4v) is 8.02. The molecule has 1 aliphatic heterocycles. The van der Waals surface area contributed by atoms with Crippen LogP contribution in [0.15, 0.2) is 54.6 Å². The lowest BCUT2D eigenvalue weighted by atomic mass is 9.98. The molecule has 2 aromatic rings. The minimum absolute atomic E-state index is 0.00952. The molecule has 12 nitrogen and oxygen atoms in total. The monoisotopic (exact) mass is 872 g/mol. The number of nitrogens with one attached hydrogen (secondary N) is 1. The summed E-state index contributed by atoms with van der Waals surface area (Å²) in [5, 5.41) is 65.3. The van der Waals surface area contributed by atoms with Gasteiger partial charge in [0.1, 0.15) is 30.5 Å². The summed E-state index contributed by atoms with van der Waals surface area (Å²) in [6, 6.07) is 15.9. The van der Waals surface area contributed by atoms with Crippen molar-refractivity contribution in [2.24, 2.45) is 0 Å². The van der Waals surface area contributed by atoms with E-state index in [0.717, 1.165) is 82.6 Å². The lowest BCUT2D eigenvalue weighted by molar-refractivity contribution is -0.303. The smallest absolute Gasteiger partial charge is 0.220 e. The quantitative estimate of drug-likeness (QED) is 0.0266. The molecule has 8 atom stereocenters. The van der Waals surface area contributed by atoms with Crippen LogP contribution in [-0.2, 0) is 25.6 Å². The second-order valence-corrected chi connectivity index (χ2v) is 17.3. The molecule has 352 valence electrons. The van der Waals surface area contributed by atoms with Crippen molar-refractivity contribution in [3.05, 3.63) is 71.3 Å². The third-order valence-corrected chi connectivity index (χ3v) is 12.0. The van der Waals surface area contributed by atoms with E-state index >= 15 is 0 Å². The van der Waals surface area contributed by atoms with Crippen LogP contribution in [0.4, 0.5) is 0 Å². The SMILES string of the molecule is CCCCCCCCCCCCCC[C@@H](O)[C@@H](O)[C@H](CO[C@H]1O[C@H](CO)[C@H](O)[C@H](O)[C@H]1O)NC(=O)CCCCCCCCCCCOCc1cccc(C(=O)c2ccccc2)c1. The highest BCUT2D eigenvalue weighted by atomic mass is 16.7. The molecule has 0 bridgehead atoms. The first-order valence-electron chi connectivity index (χ1n) is 24.0. The maximum Gasteiger partial charge on any atom is 0.220 e. The van der Waals surface area contributed by atoms with Crippen LogP contribution in [0.25, 0.3) is 0 Å². The van der Waals surface area contributed by atoms with Gasteiger partial charge in [-0.15, -0.1) is 0 Å². The van der Waals surface area contributed by atoms with Crippen molar-refractivity contribution in [2.75, 3.05) is 19.8 Å². The summed E-state index contributed by atoms with van der Waals surface area (Å²) in [5.41, 5.74) is 2.33. The number of amides is 1. The maximum absolute atomic E-state index is 13.1. The Balaban J connectivity index is 1.29. The van der Waals surface area contributed by atoms with E-state index in [-0.39, 0.29) is 24.7 Å². The highest BCUT2D eigenvalue weighted by molar-refractivity contribution is 6.09. The predicted molar refractivity (Wildman–Crippen MR) is 242 cm³/mol. The van der Waals surface area contributed by atoms with Gasteiger partial charge in [-0.3, -0.25) is 9.59 Å². The molecule has 1 amide bonds. The molecule has 7 N–H and O–H groups in total. The Labute approximate surface area is 371 Å². The molecule has 62 heavy (non-hydrogen) atoms. The number of benzene rings is 2. The van der Waals surface area contributed by atoms with E-state index < -0.39 is 55.6 Å². The fraction of sp³-hybridized carbons (Fsp3) is 0.720. The van der Waals surface area contributed by atoms with Gasteiger partial charge in [0, 0.05) is 24.2 Å². The number of aliphatic hydroxyl groups is 6. The molecule has 1 heterocycles. The van der Waals surface area contributed by atoms with E-state index in [1.165, 1.54) is 51.4 Å². The van der Waals surface area contributed by atoms with Crippen molar-refractivity contribution in [3.8, 4) is 0 Å². The van der Waals surface area contributed by atoms with Gasteiger partial charge < -0.3 is 50.2 Å². The average molecular weight is 872 g/mol. The molecule has 2 aromatic carbocycles. The summed E-state index contributed by atoms with van der Waals surface area (Å²) in [6.07, 6.45) is 14.0. The number of carbonyl (C=O) groups is 2. The number of unbranched alkanes of at least 4 members (excludes halogenated alkanes) is 19. The van der Waals surface area contributed by atoms with Gasteiger partial charge in [-0.25, -0.2) is 0 Å². The third-order valence-electron chi connectivity index (χ3n) is 12.0. The van der Waals surface area contributed by atoms with Gasteiger partial charge in [0.25, 0.3) is 0 Å². The predicted octanol–water partition coefficient (Wildman–Crippen LogP) is 7.45. The molecule has 0 unspecified atom stereocenters. The van der Waals surface area contributed by atoms with Crippen molar-refractivity contribution in [2.45, 2.75) is 210 Å². The van der Waals surface area contributed by atoms with Crippen molar-refractivity contribution < 1.29 is 54.4 Å². The lowest BCUT2D eigenvalue weighted by Gasteiger charge is -2.40. The van der Waals surface area contributed by atoms with Gasteiger partial charge in [-0.2, -0.15) is 0 Å². The molecule has 0 spiro atoms. The number of ketones is 1. The zero-order chi connectivity index (χ0) is 44.8. The fourth-order valence-electron chi connectivity index (χ4n) is 8.02. The van der Waals surface area contributed by atoms with Gasteiger partial charge in [-0.05, 0) is 30.9 Å². The van der Waals surface area contributed by atoms with Crippen LogP contribution >= 0.6 is 0 Å². The first-order valence-corrected chi connectivity index (χ1v) is 24.0. The Kier molecular flexibility index (Phi) is 28.3. The number of hydrogen-bond acceptors (Lipinski definition) is 11. The molecule has 0 aromatic heterocycles. The average Bonchev–Trinajstić information content (AvgIpc) is 3.29. The molecule has 1 aliphatic rings. The van der Waals surface area contributed by atoms with Crippen molar-refractivity contribution >= 4 is 11.7 Å². The summed E-state index contributed by atoms with van der Waals surface area (Å²) in [7, 11) is 0. The number of rotatable bonds is 36. The van der Waals surface area contributed by atoms with Gasteiger partial charge in [0.2, 0.25) is 5.91 Å². The highest BCUT2D eigenvalue weighted by Crippen LogP contribution is 2.23. The Morgan fingerprint density at radius 2 is 1.24 bits per heavy atom. The molecule has 1 fully saturated rings. The second-order valence-electron chi connectivity index (χ2n) is 17.3. The molecule has 1 saturated heterocycles. The van der Waals surface area contributed by atoms with Crippen molar-refractivity contribution in [3.63, 3.8) is 0 Å². The van der Waals surface area contributed by atoms with E-state index in [1.807, 2.05) is 54.6 Å². The second kappa shape index (κ2) is 32.8. The van der Waals surface area contributed by atoms with Crippen LogP contribution in [0.3, 0.4) is 0 Å². The Hall–Kier alpha value is -2.78. The van der Waals surface area contributed by atoms with Crippen molar-refractivity contribution in [1.29, 1.82) is 0 Å².